The van der Waals surface area contributed by atoms with E-state index in [1.54, 1.807) is 44.2 Å². The number of aliphatic hydroxyl groups is 1. The molecule has 0 aliphatic carbocycles. The van der Waals surface area contributed by atoms with Gasteiger partial charge in [-0.3, -0.25) is 14.5 Å². The predicted octanol–water partition coefficient (Wildman–Crippen LogP) is 5.57. The number of aromatic nitrogens is 1. The van der Waals surface area contributed by atoms with Crippen molar-refractivity contribution in [3.8, 4) is 5.75 Å². The molecular weight excluding hydrogens is 511 g/mol. The highest BCUT2D eigenvalue weighted by Crippen LogP contribution is 2.44. The van der Waals surface area contributed by atoms with Gasteiger partial charge in [0.05, 0.1) is 24.5 Å². The first kappa shape index (κ1) is 27.0. The van der Waals surface area contributed by atoms with E-state index in [0.29, 0.717) is 18.1 Å². The molecule has 1 atom stereocenters. The van der Waals surface area contributed by atoms with Crippen molar-refractivity contribution >= 4 is 39.9 Å². The molecule has 1 aliphatic heterocycles. The first-order chi connectivity index (χ1) is 18.3. The number of ether oxygens (including phenoxy) is 2. The largest absolute Gasteiger partial charge is 0.507 e. The van der Waals surface area contributed by atoms with Crippen molar-refractivity contribution < 1.29 is 33.4 Å². The monoisotopic (exact) mass is 538 g/mol. The van der Waals surface area contributed by atoms with Gasteiger partial charge in [0.1, 0.15) is 28.2 Å². The number of aryl methyl sites for hydroxylation is 1. The lowest BCUT2D eigenvalue weighted by Gasteiger charge is -2.23. The van der Waals surface area contributed by atoms with Gasteiger partial charge in [-0.1, -0.05) is 42.9 Å². The van der Waals surface area contributed by atoms with Crippen LogP contribution in [-0.2, 0) is 14.3 Å². The molecule has 0 unspecified atom stereocenters. The van der Waals surface area contributed by atoms with Crippen LogP contribution in [0.3, 0.4) is 0 Å². The summed E-state index contributed by atoms with van der Waals surface area (Å²) < 4.78 is 25.8. The quantitative estimate of drug-likeness (QED) is 0.125. The number of esters is 1. The number of unbranched alkanes of at least 4 members (excludes halogenated alkanes) is 1. The summed E-state index contributed by atoms with van der Waals surface area (Å²) in [7, 11) is 0. The highest BCUT2D eigenvalue weighted by molar-refractivity contribution is 7.17. The van der Waals surface area contributed by atoms with Gasteiger partial charge in [-0.15, -0.1) is 0 Å². The zero-order valence-electron chi connectivity index (χ0n) is 21.2. The number of amides is 1. The van der Waals surface area contributed by atoms with Crippen LogP contribution in [0.25, 0.3) is 5.76 Å². The van der Waals surface area contributed by atoms with E-state index in [4.69, 9.17) is 9.47 Å². The molecule has 10 heteroatoms. The molecule has 0 bridgehead atoms. The van der Waals surface area contributed by atoms with Gasteiger partial charge in [0.25, 0.3) is 5.78 Å². The maximum absolute atomic E-state index is 15.1. The van der Waals surface area contributed by atoms with Crippen LogP contribution in [0.1, 0.15) is 59.2 Å². The first-order valence-corrected chi connectivity index (χ1v) is 13.0. The molecule has 2 aromatic carbocycles. The van der Waals surface area contributed by atoms with Crippen molar-refractivity contribution in [3.63, 3.8) is 0 Å². The molecule has 38 heavy (non-hydrogen) atoms. The second-order valence-electron chi connectivity index (χ2n) is 8.55. The average molecular weight is 539 g/mol. The van der Waals surface area contributed by atoms with Crippen molar-refractivity contribution in [3.05, 3.63) is 81.6 Å². The van der Waals surface area contributed by atoms with Crippen LogP contribution in [-0.4, -0.2) is 41.0 Å². The molecule has 2 heterocycles. The van der Waals surface area contributed by atoms with Crippen LogP contribution in [0.2, 0.25) is 0 Å². The number of aliphatic hydroxyl groups excluding tert-OH is 1. The van der Waals surface area contributed by atoms with Crippen molar-refractivity contribution in [2.24, 2.45) is 0 Å². The molecule has 1 fully saturated rings. The number of nitrogens with zero attached hydrogens (tertiary/aromatic N) is 2. The minimum Gasteiger partial charge on any atom is -0.507 e. The fraction of sp³-hybridized carbons (Fsp3) is 0.286. The summed E-state index contributed by atoms with van der Waals surface area (Å²) in [5.41, 5.74) is 0.273. The highest BCUT2D eigenvalue weighted by atomic mass is 32.1. The number of carbonyl (C=O) groups is 3. The van der Waals surface area contributed by atoms with E-state index in [1.807, 2.05) is 0 Å². The number of ketones is 1. The lowest BCUT2D eigenvalue weighted by molar-refractivity contribution is -0.132. The summed E-state index contributed by atoms with van der Waals surface area (Å²) in [5.74, 6) is -3.15. The zero-order chi connectivity index (χ0) is 27.4. The number of anilines is 1. The third kappa shape index (κ3) is 5.17. The fourth-order valence-electron chi connectivity index (χ4n) is 4.09. The molecule has 1 amide bonds. The summed E-state index contributed by atoms with van der Waals surface area (Å²) in [6.45, 7) is 5.98. The van der Waals surface area contributed by atoms with E-state index in [9.17, 15) is 19.5 Å². The summed E-state index contributed by atoms with van der Waals surface area (Å²) in [5, 5.41) is 11.3. The lowest BCUT2D eigenvalue weighted by atomic mass is 9.95. The molecule has 0 spiro atoms. The third-order valence-electron chi connectivity index (χ3n) is 5.99. The number of benzene rings is 2. The van der Waals surface area contributed by atoms with Crippen LogP contribution in [0, 0.1) is 12.7 Å². The SMILES string of the molecule is CCCCOc1ccc(C(O)=C2C(=O)C(=O)N(c3nc(C)c(C(=O)OCC)s3)[C@@H]2c2ccccc2F)cc1. The zero-order valence-corrected chi connectivity index (χ0v) is 22.0. The average Bonchev–Trinajstić information content (AvgIpc) is 3.41. The molecule has 3 aromatic rings. The maximum atomic E-state index is 15.1. The maximum Gasteiger partial charge on any atom is 0.350 e. The van der Waals surface area contributed by atoms with Crippen LogP contribution >= 0.6 is 11.3 Å². The number of hydrogen-bond acceptors (Lipinski definition) is 8. The Bertz CT molecular complexity index is 1400. The number of rotatable bonds is 9. The van der Waals surface area contributed by atoms with Gasteiger partial charge in [0, 0.05) is 11.1 Å². The van der Waals surface area contributed by atoms with Gasteiger partial charge in [-0.05, 0) is 50.6 Å². The Morgan fingerprint density at radius 1 is 1.13 bits per heavy atom. The molecule has 1 aromatic heterocycles. The number of hydrogen-bond donors (Lipinski definition) is 1. The minimum absolute atomic E-state index is 0.00157. The van der Waals surface area contributed by atoms with E-state index in [2.05, 4.69) is 11.9 Å². The number of thiazole rings is 1. The van der Waals surface area contributed by atoms with E-state index in [-0.39, 0.29) is 33.3 Å². The molecule has 0 saturated carbocycles. The third-order valence-corrected chi connectivity index (χ3v) is 7.13. The van der Waals surface area contributed by atoms with E-state index >= 15 is 4.39 Å². The molecule has 1 saturated heterocycles. The molecule has 0 radical (unpaired) electrons. The van der Waals surface area contributed by atoms with E-state index in [0.717, 1.165) is 29.1 Å². The van der Waals surface area contributed by atoms with Crippen molar-refractivity contribution in [1.29, 1.82) is 0 Å². The van der Waals surface area contributed by atoms with Crippen LogP contribution in [0.4, 0.5) is 9.52 Å². The second kappa shape index (κ2) is 11.6. The first-order valence-electron chi connectivity index (χ1n) is 12.2. The lowest BCUT2D eigenvalue weighted by Crippen LogP contribution is -2.29. The van der Waals surface area contributed by atoms with E-state index in [1.165, 1.54) is 18.2 Å². The summed E-state index contributed by atoms with van der Waals surface area (Å²) in [6.07, 6.45) is 1.87. The van der Waals surface area contributed by atoms with Gasteiger partial charge in [0.2, 0.25) is 0 Å². The summed E-state index contributed by atoms with van der Waals surface area (Å²) >= 11 is 0.860. The van der Waals surface area contributed by atoms with Gasteiger partial charge in [0.15, 0.2) is 5.13 Å². The van der Waals surface area contributed by atoms with Gasteiger partial charge in [-0.25, -0.2) is 14.2 Å². The van der Waals surface area contributed by atoms with Crippen molar-refractivity contribution in [2.45, 2.75) is 39.7 Å². The van der Waals surface area contributed by atoms with Gasteiger partial charge < -0.3 is 14.6 Å². The molecule has 8 nitrogen and oxygen atoms in total. The predicted molar refractivity (Wildman–Crippen MR) is 141 cm³/mol. The van der Waals surface area contributed by atoms with Crippen LogP contribution in [0.5, 0.6) is 5.75 Å². The molecule has 1 aliphatic rings. The summed E-state index contributed by atoms with van der Waals surface area (Å²) in [6, 6.07) is 10.8. The second-order valence-corrected chi connectivity index (χ2v) is 9.53. The van der Waals surface area contributed by atoms with Crippen LogP contribution < -0.4 is 9.64 Å². The minimum atomic E-state index is -1.31. The Morgan fingerprint density at radius 3 is 2.50 bits per heavy atom. The number of carbonyl (C=O) groups excluding carboxylic acids is 3. The van der Waals surface area contributed by atoms with Crippen LogP contribution in [0.15, 0.2) is 54.1 Å². The Kier molecular flexibility index (Phi) is 8.21. The normalized spacial score (nSPS) is 16.6. The van der Waals surface area contributed by atoms with E-state index < -0.39 is 35.3 Å². The number of halogens is 1. The van der Waals surface area contributed by atoms with Crippen molar-refractivity contribution in [1.82, 2.24) is 4.98 Å². The Balaban J connectivity index is 1.82. The van der Waals surface area contributed by atoms with Gasteiger partial charge in [-0.2, -0.15) is 0 Å². The Hall–Kier alpha value is -4.05. The number of Topliss-reactive ketones (excluding diaryl/α,β-unsaturated/α-hetero) is 1. The topological polar surface area (TPSA) is 106 Å². The molecule has 198 valence electrons. The standard InChI is InChI=1S/C28H27FN2O6S/c1-4-6-15-37-18-13-11-17(12-14-18)23(32)21-22(19-9-7-8-10-20(19)29)31(26(34)24(21)33)28-30-16(3)25(38-28)27(35)36-5-2/h7-14,22,32H,4-6,15H2,1-3H3/t22-/m1/s1. The Labute approximate surface area is 223 Å². The highest BCUT2D eigenvalue weighted by Gasteiger charge is 2.49. The summed E-state index contributed by atoms with van der Waals surface area (Å²) in [4.78, 5) is 44.5. The Morgan fingerprint density at radius 2 is 1.84 bits per heavy atom. The smallest absolute Gasteiger partial charge is 0.350 e. The fourth-order valence-corrected chi connectivity index (χ4v) is 5.08. The molecule has 4 rings (SSSR count). The van der Waals surface area contributed by atoms with Crippen molar-refractivity contribution in [2.75, 3.05) is 18.1 Å². The van der Waals surface area contributed by atoms with Gasteiger partial charge >= 0.3 is 11.9 Å². The molecular formula is C28H27FN2O6S. The molecule has 1 N–H and O–H groups in total.